The van der Waals surface area contributed by atoms with Crippen molar-refractivity contribution in [3.05, 3.63) is 66.5 Å². The lowest BCUT2D eigenvalue weighted by molar-refractivity contribution is -0.120. The number of nitrogens with two attached hydrogens (primary N) is 1. The fourth-order valence-electron chi connectivity index (χ4n) is 2.42. The number of anilines is 1. The second-order valence-electron chi connectivity index (χ2n) is 5.48. The van der Waals surface area contributed by atoms with Crippen LogP contribution in [0.4, 0.5) is 10.2 Å². The van der Waals surface area contributed by atoms with E-state index in [0.717, 1.165) is 0 Å². The summed E-state index contributed by atoms with van der Waals surface area (Å²) in [5.74, 6) is -0.176. The first-order chi connectivity index (χ1) is 11.6. The predicted octanol–water partition coefficient (Wildman–Crippen LogP) is 2.16. The predicted molar refractivity (Wildman–Crippen MR) is 88.7 cm³/mol. The lowest BCUT2D eigenvalue weighted by Crippen LogP contribution is -2.23. The molecule has 1 aliphatic rings. The quantitative estimate of drug-likeness (QED) is 0.649. The molecule has 0 radical (unpaired) electrons. The van der Waals surface area contributed by atoms with Gasteiger partial charge < -0.3 is 11.1 Å². The Morgan fingerprint density at radius 3 is 2.79 bits per heavy atom. The van der Waals surface area contributed by atoms with Crippen LogP contribution in [-0.4, -0.2) is 21.7 Å². The van der Waals surface area contributed by atoms with E-state index in [1.165, 1.54) is 24.7 Å². The third-order valence-electron chi connectivity index (χ3n) is 3.85. The smallest absolute Gasteiger partial charge is 0.258 e. The Morgan fingerprint density at radius 1 is 1.33 bits per heavy atom. The second kappa shape index (κ2) is 6.57. The van der Waals surface area contributed by atoms with E-state index in [4.69, 9.17) is 5.73 Å². The van der Waals surface area contributed by atoms with Gasteiger partial charge in [0.15, 0.2) is 0 Å². The monoisotopic (exact) mass is 325 g/mol. The minimum Gasteiger partial charge on any atom is -0.384 e. The van der Waals surface area contributed by atoms with E-state index in [1.807, 2.05) is 0 Å². The molecule has 1 amide bonds. The molecule has 7 heteroatoms. The van der Waals surface area contributed by atoms with Crippen molar-refractivity contribution in [1.82, 2.24) is 9.97 Å². The molecule has 3 N–H and O–H groups in total. The topological polar surface area (TPSA) is 93.3 Å². The number of aromatic nitrogens is 2. The number of nitrogens with zero attached hydrogens (tertiary/aromatic N) is 3. The average molecular weight is 325 g/mol. The Bertz CT molecular complexity index is 800. The third-order valence-corrected chi connectivity index (χ3v) is 3.85. The molecule has 0 spiro atoms. The average Bonchev–Trinajstić information content (AvgIpc) is 3.38. The van der Waals surface area contributed by atoms with E-state index in [0.29, 0.717) is 24.2 Å². The van der Waals surface area contributed by atoms with Crippen LogP contribution in [0.25, 0.3) is 0 Å². The van der Waals surface area contributed by atoms with Gasteiger partial charge in [-0.15, -0.1) is 0 Å². The summed E-state index contributed by atoms with van der Waals surface area (Å²) in [5, 5.41) is 2.88. The van der Waals surface area contributed by atoms with Crippen molar-refractivity contribution in [3.8, 4) is 0 Å². The molecule has 1 heterocycles. The standard InChI is InChI=1S/C17H16FN5O/c18-13-4-2-1-3-12(13)17(7-8-17)16(24)23-14(19)5-10-21-15-6-9-20-11-22-15/h1-6,9-11H,7-8H2,(H2,19,23,24)(H,20,21,22)/b10-5-. The fourth-order valence-corrected chi connectivity index (χ4v) is 2.42. The van der Waals surface area contributed by atoms with E-state index in [1.54, 1.807) is 30.5 Å². The summed E-state index contributed by atoms with van der Waals surface area (Å²) in [6.45, 7) is 0. The van der Waals surface area contributed by atoms with Crippen molar-refractivity contribution in [2.24, 2.45) is 10.7 Å². The van der Waals surface area contributed by atoms with Crippen LogP contribution in [0.5, 0.6) is 0 Å². The van der Waals surface area contributed by atoms with Gasteiger partial charge in [0.1, 0.15) is 23.8 Å². The van der Waals surface area contributed by atoms with Crippen LogP contribution in [-0.2, 0) is 10.2 Å². The molecule has 122 valence electrons. The minimum absolute atomic E-state index is 0.0455. The fraction of sp³-hybridized carbons (Fsp3) is 0.176. The molecular formula is C17H16FN5O. The Kier molecular flexibility index (Phi) is 4.33. The minimum atomic E-state index is -0.871. The number of rotatable bonds is 5. The highest BCUT2D eigenvalue weighted by molar-refractivity contribution is 6.04. The largest absolute Gasteiger partial charge is 0.384 e. The highest BCUT2D eigenvalue weighted by Crippen LogP contribution is 2.50. The van der Waals surface area contributed by atoms with Gasteiger partial charge in [-0.2, -0.15) is 4.99 Å². The molecule has 0 aliphatic heterocycles. The first kappa shape index (κ1) is 15.8. The number of benzene rings is 1. The summed E-state index contributed by atoms with van der Waals surface area (Å²) in [6, 6.07) is 7.96. The van der Waals surface area contributed by atoms with E-state index in [9.17, 15) is 9.18 Å². The van der Waals surface area contributed by atoms with E-state index >= 15 is 0 Å². The number of amidine groups is 1. The van der Waals surface area contributed by atoms with Crippen LogP contribution >= 0.6 is 0 Å². The summed E-state index contributed by atoms with van der Waals surface area (Å²) < 4.78 is 13.9. The summed E-state index contributed by atoms with van der Waals surface area (Å²) in [6.07, 6.45) is 7.13. The van der Waals surface area contributed by atoms with E-state index < -0.39 is 17.1 Å². The highest BCUT2D eigenvalue weighted by Gasteiger charge is 2.52. The van der Waals surface area contributed by atoms with Gasteiger partial charge in [-0.1, -0.05) is 18.2 Å². The zero-order valence-corrected chi connectivity index (χ0v) is 12.8. The molecule has 24 heavy (non-hydrogen) atoms. The maximum atomic E-state index is 13.9. The molecule has 2 aromatic rings. The Hall–Kier alpha value is -3.09. The number of hydrogen-bond acceptors (Lipinski definition) is 4. The van der Waals surface area contributed by atoms with Crippen molar-refractivity contribution in [2.45, 2.75) is 18.3 Å². The number of carbonyl (C=O) groups excluding carboxylic acids is 1. The van der Waals surface area contributed by atoms with E-state index in [-0.39, 0.29) is 5.84 Å². The van der Waals surface area contributed by atoms with Crippen molar-refractivity contribution < 1.29 is 9.18 Å². The van der Waals surface area contributed by atoms with Gasteiger partial charge in [-0.25, -0.2) is 14.4 Å². The maximum Gasteiger partial charge on any atom is 0.258 e. The van der Waals surface area contributed by atoms with Crippen LogP contribution in [0.15, 0.2) is 60.1 Å². The lowest BCUT2D eigenvalue weighted by atomic mass is 9.94. The van der Waals surface area contributed by atoms with Gasteiger partial charge in [0.2, 0.25) is 0 Å². The Labute approximate surface area is 138 Å². The van der Waals surface area contributed by atoms with Crippen LogP contribution in [0.2, 0.25) is 0 Å². The molecule has 0 bridgehead atoms. The molecule has 1 fully saturated rings. The zero-order valence-electron chi connectivity index (χ0n) is 12.8. The van der Waals surface area contributed by atoms with Crippen LogP contribution in [0.1, 0.15) is 18.4 Å². The third kappa shape index (κ3) is 3.29. The molecule has 1 aliphatic carbocycles. The van der Waals surface area contributed by atoms with Gasteiger partial charge >= 0.3 is 0 Å². The normalized spacial score (nSPS) is 16.1. The number of aliphatic imine (C=N–C) groups is 1. The van der Waals surface area contributed by atoms with Crippen molar-refractivity contribution in [2.75, 3.05) is 5.32 Å². The van der Waals surface area contributed by atoms with Crippen LogP contribution < -0.4 is 11.1 Å². The van der Waals surface area contributed by atoms with Gasteiger partial charge in [-0.3, -0.25) is 4.79 Å². The van der Waals surface area contributed by atoms with Gasteiger partial charge in [0.25, 0.3) is 5.91 Å². The molecule has 3 rings (SSSR count). The lowest BCUT2D eigenvalue weighted by Gasteiger charge is -2.12. The van der Waals surface area contributed by atoms with Crippen LogP contribution in [0, 0.1) is 5.82 Å². The molecule has 0 saturated heterocycles. The molecule has 0 unspecified atom stereocenters. The van der Waals surface area contributed by atoms with Gasteiger partial charge in [0, 0.05) is 18.0 Å². The Balaban J connectivity index is 1.69. The van der Waals surface area contributed by atoms with E-state index in [2.05, 4.69) is 20.3 Å². The summed E-state index contributed by atoms with van der Waals surface area (Å²) in [5.41, 5.74) is 5.27. The number of hydrogen-bond donors (Lipinski definition) is 2. The molecule has 0 atom stereocenters. The molecule has 1 aromatic carbocycles. The summed E-state index contributed by atoms with van der Waals surface area (Å²) in [4.78, 5) is 24.1. The first-order valence-electron chi connectivity index (χ1n) is 7.44. The van der Waals surface area contributed by atoms with Crippen molar-refractivity contribution in [3.63, 3.8) is 0 Å². The molecular weight excluding hydrogens is 309 g/mol. The number of halogens is 1. The molecule has 1 aromatic heterocycles. The SMILES string of the molecule is NC(/C=C\Nc1ccncn1)=NC(=O)C1(c2ccccc2F)CC1. The summed E-state index contributed by atoms with van der Waals surface area (Å²) in [7, 11) is 0. The van der Waals surface area contributed by atoms with Gasteiger partial charge in [0.05, 0.1) is 5.41 Å². The maximum absolute atomic E-state index is 13.9. The first-order valence-corrected chi connectivity index (χ1v) is 7.44. The molecule has 1 saturated carbocycles. The number of carbonyl (C=O) groups is 1. The Morgan fingerprint density at radius 2 is 2.12 bits per heavy atom. The number of nitrogens with one attached hydrogen (secondary N) is 1. The van der Waals surface area contributed by atoms with Crippen molar-refractivity contribution in [1.29, 1.82) is 0 Å². The van der Waals surface area contributed by atoms with Crippen molar-refractivity contribution >= 4 is 17.6 Å². The van der Waals surface area contributed by atoms with Crippen LogP contribution in [0.3, 0.4) is 0 Å². The summed E-state index contributed by atoms with van der Waals surface area (Å²) >= 11 is 0. The highest BCUT2D eigenvalue weighted by atomic mass is 19.1. The molecule has 6 nitrogen and oxygen atoms in total. The van der Waals surface area contributed by atoms with Gasteiger partial charge in [-0.05, 0) is 31.1 Å². The zero-order chi connectivity index (χ0) is 17.0. The number of amides is 1. The second-order valence-corrected chi connectivity index (χ2v) is 5.48.